The van der Waals surface area contributed by atoms with E-state index < -0.39 is 0 Å². The molecule has 2 aromatic carbocycles. The second-order valence-corrected chi connectivity index (χ2v) is 6.88. The van der Waals surface area contributed by atoms with Gasteiger partial charge in [-0.05, 0) is 36.6 Å². The Bertz CT molecular complexity index is 1130. The molecule has 1 aliphatic heterocycles. The van der Waals surface area contributed by atoms with E-state index in [-0.39, 0.29) is 36.0 Å². The number of hydrogen-bond acceptors (Lipinski definition) is 4. The molecule has 0 spiro atoms. The van der Waals surface area contributed by atoms with Gasteiger partial charge in [0.1, 0.15) is 5.75 Å². The Balaban J connectivity index is 1.42. The van der Waals surface area contributed by atoms with Crippen LogP contribution in [0, 0.1) is 5.92 Å². The molecule has 0 saturated carbocycles. The molecule has 1 atom stereocenters. The van der Waals surface area contributed by atoms with Crippen LogP contribution in [0.2, 0.25) is 0 Å². The fourth-order valence-corrected chi connectivity index (χ4v) is 3.56. The normalized spacial score (nSPS) is 16.1. The predicted molar refractivity (Wildman–Crippen MR) is 106 cm³/mol. The number of hydrogen-bond donors (Lipinski definition) is 2. The number of H-pyrrole nitrogens is 1. The molecule has 1 aromatic heterocycles. The number of aromatic amines is 1. The lowest BCUT2D eigenvalue weighted by Gasteiger charge is -2.14. The molecular formula is C21H21N3O4. The number of rotatable bonds is 4. The first-order valence-electron chi connectivity index (χ1n) is 9.34. The lowest BCUT2D eigenvalue weighted by atomic mass is 9.96. The summed E-state index contributed by atoms with van der Waals surface area (Å²) < 4.78 is 6.95. The lowest BCUT2D eigenvalue weighted by molar-refractivity contribution is -0.125. The van der Waals surface area contributed by atoms with E-state index in [2.05, 4.69) is 10.4 Å². The van der Waals surface area contributed by atoms with Gasteiger partial charge < -0.3 is 10.1 Å². The second-order valence-electron chi connectivity index (χ2n) is 6.88. The summed E-state index contributed by atoms with van der Waals surface area (Å²) in [6.07, 6.45) is 1.25. The smallest absolute Gasteiger partial charge is 0.273 e. The van der Waals surface area contributed by atoms with Gasteiger partial charge in [-0.3, -0.25) is 19.5 Å². The Morgan fingerprint density at radius 2 is 1.86 bits per heavy atom. The molecule has 0 fully saturated rings. The molecule has 2 N–H and O–H groups in total. The molecular weight excluding hydrogens is 358 g/mol. The van der Waals surface area contributed by atoms with E-state index in [1.165, 1.54) is 4.68 Å². The highest BCUT2D eigenvalue weighted by molar-refractivity contribution is 5.80. The van der Waals surface area contributed by atoms with Gasteiger partial charge in [-0.1, -0.05) is 30.3 Å². The van der Waals surface area contributed by atoms with Crippen LogP contribution in [-0.4, -0.2) is 28.8 Å². The second kappa shape index (κ2) is 7.72. The van der Waals surface area contributed by atoms with E-state index in [0.717, 1.165) is 11.3 Å². The maximum Gasteiger partial charge on any atom is 0.273 e. The molecule has 3 aromatic rings. The van der Waals surface area contributed by atoms with Crippen molar-refractivity contribution in [3.63, 3.8) is 0 Å². The van der Waals surface area contributed by atoms with Crippen LogP contribution in [0.5, 0.6) is 5.75 Å². The van der Waals surface area contributed by atoms with Crippen LogP contribution in [0.15, 0.2) is 58.1 Å². The van der Waals surface area contributed by atoms with Gasteiger partial charge in [-0.15, -0.1) is 0 Å². The highest BCUT2D eigenvalue weighted by Gasteiger charge is 2.23. The van der Waals surface area contributed by atoms with Gasteiger partial charge in [0, 0.05) is 12.5 Å². The number of nitrogens with zero attached hydrogens (tertiary/aromatic N) is 1. The van der Waals surface area contributed by atoms with Gasteiger partial charge in [0.2, 0.25) is 5.91 Å². The number of amides is 1. The highest BCUT2D eigenvalue weighted by atomic mass is 16.5. The van der Waals surface area contributed by atoms with E-state index in [0.29, 0.717) is 30.2 Å². The van der Waals surface area contributed by atoms with Crippen molar-refractivity contribution in [2.45, 2.75) is 19.4 Å². The zero-order valence-electron chi connectivity index (χ0n) is 15.3. The Kier molecular flexibility index (Phi) is 4.97. The van der Waals surface area contributed by atoms with Crippen molar-refractivity contribution in [3.05, 3.63) is 74.8 Å². The lowest BCUT2D eigenvalue weighted by Crippen LogP contribution is -2.38. The van der Waals surface area contributed by atoms with Gasteiger partial charge in [-0.25, -0.2) is 4.68 Å². The molecule has 1 aliphatic rings. The summed E-state index contributed by atoms with van der Waals surface area (Å²) >= 11 is 0. The Hall–Kier alpha value is -3.35. The first-order chi connectivity index (χ1) is 13.6. The minimum atomic E-state index is -0.320. The van der Waals surface area contributed by atoms with E-state index >= 15 is 0 Å². The number of para-hydroxylation sites is 1. The third-order valence-corrected chi connectivity index (χ3v) is 5.05. The average Bonchev–Trinajstić information content (AvgIpc) is 2.94. The zero-order valence-corrected chi connectivity index (χ0v) is 15.3. The van der Waals surface area contributed by atoms with Gasteiger partial charge in [0.05, 0.1) is 23.9 Å². The van der Waals surface area contributed by atoms with E-state index in [1.807, 2.05) is 24.3 Å². The van der Waals surface area contributed by atoms with Gasteiger partial charge in [0.15, 0.2) is 0 Å². The summed E-state index contributed by atoms with van der Waals surface area (Å²) in [5.41, 5.74) is 0.426. The van der Waals surface area contributed by atoms with Crippen molar-refractivity contribution in [1.29, 1.82) is 0 Å². The number of nitrogens with one attached hydrogen (secondary N) is 2. The van der Waals surface area contributed by atoms with Crippen LogP contribution in [0.3, 0.4) is 0 Å². The molecule has 7 nitrogen and oxygen atoms in total. The van der Waals surface area contributed by atoms with Crippen LogP contribution in [0.1, 0.15) is 12.0 Å². The third kappa shape index (κ3) is 3.55. The topological polar surface area (TPSA) is 93.2 Å². The SMILES string of the molecule is O=C(NCCn1[nH]c(=O)c2ccccc2c1=O)[C@H]1CCOc2ccccc2C1. The van der Waals surface area contributed by atoms with E-state index in [1.54, 1.807) is 24.3 Å². The molecule has 2 heterocycles. The van der Waals surface area contributed by atoms with E-state index in [4.69, 9.17) is 4.74 Å². The van der Waals surface area contributed by atoms with Crippen LogP contribution in [0.25, 0.3) is 10.8 Å². The first-order valence-corrected chi connectivity index (χ1v) is 9.34. The fraction of sp³-hybridized carbons (Fsp3) is 0.286. The van der Waals surface area contributed by atoms with Crippen molar-refractivity contribution in [2.24, 2.45) is 5.92 Å². The molecule has 144 valence electrons. The molecule has 0 aliphatic carbocycles. The largest absolute Gasteiger partial charge is 0.493 e. The van der Waals surface area contributed by atoms with Crippen LogP contribution >= 0.6 is 0 Å². The molecule has 0 unspecified atom stereocenters. The summed E-state index contributed by atoms with van der Waals surface area (Å²) in [6, 6.07) is 14.4. The van der Waals surface area contributed by atoms with Gasteiger partial charge >= 0.3 is 0 Å². The number of aromatic nitrogens is 2. The average molecular weight is 379 g/mol. The van der Waals surface area contributed by atoms with Crippen molar-refractivity contribution in [1.82, 2.24) is 15.1 Å². The van der Waals surface area contributed by atoms with Gasteiger partial charge in [0.25, 0.3) is 11.1 Å². The minimum absolute atomic E-state index is 0.0727. The number of ether oxygens (including phenoxy) is 1. The minimum Gasteiger partial charge on any atom is -0.493 e. The summed E-state index contributed by atoms with van der Waals surface area (Å²) in [5, 5.41) is 6.19. The van der Waals surface area contributed by atoms with Crippen molar-refractivity contribution in [3.8, 4) is 5.75 Å². The van der Waals surface area contributed by atoms with Crippen molar-refractivity contribution < 1.29 is 9.53 Å². The summed E-state index contributed by atoms with van der Waals surface area (Å²) in [7, 11) is 0. The maximum atomic E-state index is 12.6. The third-order valence-electron chi connectivity index (χ3n) is 5.05. The zero-order chi connectivity index (χ0) is 19.5. The summed E-state index contributed by atoms with van der Waals surface area (Å²) in [4.78, 5) is 37.2. The number of benzene rings is 2. The molecule has 7 heteroatoms. The fourth-order valence-electron chi connectivity index (χ4n) is 3.56. The van der Waals surface area contributed by atoms with Crippen molar-refractivity contribution >= 4 is 16.7 Å². The summed E-state index contributed by atoms with van der Waals surface area (Å²) in [6.45, 7) is 0.947. The van der Waals surface area contributed by atoms with Crippen LogP contribution in [-0.2, 0) is 17.8 Å². The Morgan fingerprint density at radius 3 is 2.71 bits per heavy atom. The Morgan fingerprint density at radius 1 is 1.11 bits per heavy atom. The van der Waals surface area contributed by atoms with Gasteiger partial charge in [-0.2, -0.15) is 0 Å². The molecule has 0 bridgehead atoms. The summed E-state index contributed by atoms with van der Waals surface area (Å²) in [5.74, 6) is 0.575. The number of fused-ring (bicyclic) bond motifs is 2. The maximum absolute atomic E-state index is 12.6. The molecule has 0 saturated heterocycles. The highest BCUT2D eigenvalue weighted by Crippen LogP contribution is 2.26. The molecule has 1 amide bonds. The van der Waals surface area contributed by atoms with Crippen LogP contribution < -0.4 is 21.2 Å². The molecule has 28 heavy (non-hydrogen) atoms. The Labute approximate surface area is 160 Å². The standard InChI is InChI=1S/C21H21N3O4/c25-19(15-9-12-28-18-8-4-1-5-14(18)13-15)22-10-11-24-21(27)17-7-3-2-6-16(17)20(26)23-24/h1-8,15H,9-13H2,(H,22,25)(H,23,26)/t15-/m0/s1. The number of carbonyl (C=O) groups is 1. The predicted octanol–water partition coefficient (Wildman–Crippen LogP) is 1.45. The molecule has 4 rings (SSSR count). The number of carbonyl (C=O) groups excluding carboxylic acids is 1. The molecule has 0 radical (unpaired) electrons. The monoisotopic (exact) mass is 379 g/mol. The van der Waals surface area contributed by atoms with E-state index in [9.17, 15) is 14.4 Å². The first kappa shape index (κ1) is 18.0. The van der Waals surface area contributed by atoms with Crippen molar-refractivity contribution in [2.75, 3.05) is 13.2 Å². The van der Waals surface area contributed by atoms with Crippen LogP contribution in [0.4, 0.5) is 0 Å². The quantitative estimate of drug-likeness (QED) is 0.718.